The van der Waals surface area contributed by atoms with Crippen molar-refractivity contribution in [1.29, 1.82) is 5.41 Å². The Morgan fingerprint density at radius 3 is 2.51 bits per heavy atom. The molecule has 39 heavy (non-hydrogen) atoms. The summed E-state index contributed by atoms with van der Waals surface area (Å²) in [5, 5.41) is 17.8. The maximum absolute atomic E-state index is 13.1. The van der Waals surface area contributed by atoms with Gasteiger partial charge in [-0.1, -0.05) is 71.7 Å². The number of hydrogen-bond donors (Lipinski definition) is 1. The van der Waals surface area contributed by atoms with E-state index < -0.39 is 5.91 Å². The fourth-order valence-electron chi connectivity index (χ4n) is 4.62. The second kappa shape index (κ2) is 10.4. The van der Waals surface area contributed by atoms with Crippen LogP contribution in [0.25, 0.3) is 17.0 Å². The largest absolute Gasteiger partial charge is 0.490 e. The number of amides is 1. The summed E-state index contributed by atoms with van der Waals surface area (Å²) in [6.07, 6.45) is 1.74. The van der Waals surface area contributed by atoms with Gasteiger partial charge in [0.2, 0.25) is 5.17 Å². The molecule has 0 unspecified atom stereocenters. The van der Waals surface area contributed by atoms with Gasteiger partial charge in [-0.2, -0.15) is 15.1 Å². The molecule has 4 aromatic rings. The van der Waals surface area contributed by atoms with E-state index in [4.69, 9.17) is 33.3 Å². The van der Waals surface area contributed by atoms with Crippen LogP contribution in [0, 0.1) is 12.3 Å². The number of amidine groups is 2. The molecule has 6 rings (SSSR count). The minimum atomic E-state index is -0.479. The number of nitrogens with zero attached hydrogens (tertiary/aromatic N) is 4. The van der Waals surface area contributed by atoms with Gasteiger partial charge in [0.25, 0.3) is 5.91 Å². The van der Waals surface area contributed by atoms with Gasteiger partial charge < -0.3 is 9.30 Å². The molecule has 0 saturated carbocycles. The third-order valence-corrected chi connectivity index (χ3v) is 8.12. The molecule has 0 bridgehead atoms. The summed E-state index contributed by atoms with van der Waals surface area (Å²) in [4.78, 5) is 17.4. The maximum Gasteiger partial charge on any atom is 0.283 e. The van der Waals surface area contributed by atoms with Crippen LogP contribution in [0.4, 0.5) is 0 Å². The van der Waals surface area contributed by atoms with E-state index in [1.54, 1.807) is 18.2 Å². The van der Waals surface area contributed by atoms with Gasteiger partial charge in [0.05, 0.1) is 22.2 Å². The lowest BCUT2D eigenvalue weighted by Crippen LogP contribution is -2.35. The van der Waals surface area contributed by atoms with Crippen LogP contribution in [0.1, 0.15) is 16.8 Å². The molecular weight excluding hydrogens is 553 g/mol. The van der Waals surface area contributed by atoms with Crippen LogP contribution in [-0.4, -0.2) is 38.1 Å². The number of aromatic nitrogens is 1. The number of hydrogen-bond acceptors (Lipinski definition) is 5. The standard InChI is InChI=1S/C29H21Cl2N5O2S/c1-17-20(18-8-3-6-12-24(18)35(17)14-15-38-25-13-7-5-11-23(25)31)16-21-26(32)36-29(33-27(21)37)39-28(34-36)19-9-2-4-10-22(19)30/h2-13,16,32H,14-15H2,1H3/b21-16-,32-26?. The molecule has 2 aliphatic heterocycles. The minimum Gasteiger partial charge on any atom is -0.490 e. The Morgan fingerprint density at radius 2 is 1.72 bits per heavy atom. The molecule has 3 aromatic carbocycles. The number of para-hydroxylation sites is 2. The van der Waals surface area contributed by atoms with Crippen molar-refractivity contribution in [2.75, 3.05) is 6.61 Å². The normalized spacial score (nSPS) is 16.1. The summed E-state index contributed by atoms with van der Waals surface area (Å²) in [5.74, 6) is 0.121. The lowest BCUT2D eigenvalue weighted by atomic mass is 10.1. The van der Waals surface area contributed by atoms with Gasteiger partial charge in [0.1, 0.15) is 17.4 Å². The number of ether oxygens (including phenoxy) is 1. The highest BCUT2D eigenvalue weighted by Crippen LogP contribution is 2.34. The van der Waals surface area contributed by atoms with Crippen molar-refractivity contribution in [3.63, 3.8) is 0 Å². The van der Waals surface area contributed by atoms with Crippen molar-refractivity contribution >= 4 is 73.9 Å². The summed E-state index contributed by atoms with van der Waals surface area (Å²) in [7, 11) is 0. The number of fused-ring (bicyclic) bond motifs is 2. The van der Waals surface area contributed by atoms with Crippen molar-refractivity contribution in [3.8, 4) is 5.75 Å². The molecule has 0 radical (unpaired) electrons. The Morgan fingerprint density at radius 1 is 1.00 bits per heavy atom. The maximum atomic E-state index is 13.1. The van der Waals surface area contributed by atoms with Crippen LogP contribution in [0.5, 0.6) is 5.75 Å². The molecule has 194 valence electrons. The number of carbonyl (C=O) groups is 1. The first-order valence-corrected chi connectivity index (χ1v) is 13.7. The Kier molecular flexibility index (Phi) is 6.76. The monoisotopic (exact) mass is 573 g/mol. The fourth-order valence-corrected chi connectivity index (χ4v) is 6.02. The predicted molar refractivity (Wildman–Crippen MR) is 159 cm³/mol. The molecule has 10 heteroatoms. The van der Waals surface area contributed by atoms with Crippen molar-refractivity contribution in [2.45, 2.75) is 13.5 Å². The number of aliphatic imine (C=N–C) groups is 1. The third-order valence-electron chi connectivity index (χ3n) is 6.54. The molecule has 1 amide bonds. The number of nitrogens with one attached hydrogen (secondary N) is 1. The van der Waals surface area contributed by atoms with Gasteiger partial charge in [-0.25, -0.2) is 0 Å². The highest BCUT2D eigenvalue weighted by atomic mass is 35.5. The molecule has 2 aliphatic rings. The van der Waals surface area contributed by atoms with E-state index in [9.17, 15) is 4.79 Å². The third kappa shape index (κ3) is 4.65. The van der Waals surface area contributed by atoms with Crippen LogP contribution in [0.3, 0.4) is 0 Å². The van der Waals surface area contributed by atoms with E-state index >= 15 is 0 Å². The van der Waals surface area contributed by atoms with Gasteiger partial charge >= 0.3 is 0 Å². The minimum absolute atomic E-state index is 0.0298. The highest BCUT2D eigenvalue weighted by molar-refractivity contribution is 8.27. The fraction of sp³-hybridized carbons (Fsp3) is 0.103. The Bertz CT molecular complexity index is 1760. The lowest BCUT2D eigenvalue weighted by Gasteiger charge is -2.20. The number of thioether (sulfide) groups is 1. The van der Waals surface area contributed by atoms with Crippen molar-refractivity contribution in [3.05, 3.63) is 105 Å². The first-order chi connectivity index (χ1) is 18.9. The SMILES string of the molecule is Cc1c(/C=C2/C(=N)N3N=C(c4ccccc4Cl)SC3=NC2=O)c2ccccc2n1CCOc1ccccc1Cl. The number of halogens is 2. The van der Waals surface area contributed by atoms with Gasteiger partial charge in [0, 0.05) is 27.7 Å². The zero-order valence-electron chi connectivity index (χ0n) is 20.7. The zero-order valence-corrected chi connectivity index (χ0v) is 23.0. The van der Waals surface area contributed by atoms with E-state index in [0.717, 1.165) is 27.7 Å². The van der Waals surface area contributed by atoms with E-state index in [0.29, 0.717) is 39.2 Å². The van der Waals surface area contributed by atoms with E-state index in [2.05, 4.69) is 14.7 Å². The summed E-state index contributed by atoms with van der Waals surface area (Å²) in [5.41, 5.74) is 3.68. The number of carbonyl (C=O) groups excluding carboxylic acids is 1. The Balaban J connectivity index is 1.33. The molecule has 0 fully saturated rings. The first-order valence-electron chi connectivity index (χ1n) is 12.1. The zero-order chi connectivity index (χ0) is 27.1. The second-order valence-electron chi connectivity index (χ2n) is 8.85. The molecular formula is C29H21Cl2N5O2S. The number of rotatable bonds is 6. The quantitative estimate of drug-likeness (QED) is 0.251. The smallest absolute Gasteiger partial charge is 0.283 e. The topological polar surface area (TPSA) is 83.0 Å². The van der Waals surface area contributed by atoms with E-state index in [1.165, 1.54) is 16.8 Å². The number of benzene rings is 3. The van der Waals surface area contributed by atoms with Gasteiger partial charge in [-0.05, 0) is 49.0 Å². The summed E-state index contributed by atoms with van der Waals surface area (Å²) in [6.45, 7) is 2.97. The summed E-state index contributed by atoms with van der Waals surface area (Å²) >= 11 is 13.8. The second-order valence-corrected chi connectivity index (χ2v) is 10.6. The molecule has 0 spiro atoms. The predicted octanol–water partition coefficient (Wildman–Crippen LogP) is 7.00. The Hall–Kier alpha value is -3.85. The van der Waals surface area contributed by atoms with Gasteiger partial charge in [-0.3, -0.25) is 10.2 Å². The van der Waals surface area contributed by atoms with Crippen LogP contribution in [0.15, 0.2) is 88.5 Å². The molecule has 0 aliphatic carbocycles. The van der Waals surface area contributed by atoms with E-state index in [-0.39, 0.29) is 11.4 Å². The molecule has 0 atom stereocenters. The van der Waals surface area contributed by atoms with Crippen LogP contribution in [-0.2, 0) is 11.3 Å². The summed E-state index contributed by atoms with van der Waals surface area (Å²) < 4.78 is 8.08. The van der Waals surface area contributed by atoms with Crippen LogP contribution < -0.4 is 4.74 Å². The summed E-state index contributed by atoms with van der Waals surface area (Å²) in [6, 6.07) is 22.7. The number of hydrazone groups is 1. The average molecular weight is 574 g/mol. The highest BCUT2D eigenvalue weighted by Gasteiger charge is 2.36. The van der Waals surface area contributed by atoms with Crippen LogP contribution in [0.2, 0.25) is 10.0 Å². The van der Waals surface area contributed by atoms with Crippen molar-refractivity contribution < 1.29 is 9.53 Å². The van der Waals surface area contributed by atoms with Gasteiger partial charge in [0.15, 0.2) is 5.84 Å². The van der Waals surface area contributed by atoms with E-state index in [1.807, 2.05) is 67.6 Å². The van der Waals surface area contributed by atoms with Crippen molar-refractivity contribution in [1.82, 2.24) is 9.58 Å². The van der Waals surface area contributed by atoms with Crippen molar-refractivity contribution in [2.24, 2.45) is 10.1 Å². The molecule has 1 aromatic heterocycles. The van der Waals surface area contributed by atoms with Crippen LogP contribution >= 0.6 is 35.0 Å². The van der Waals surface area contributed by atoms with Gasteiger partial charge in [-0.15, -0.1) is 0 Å². The molecule has 1 N–H and O–H groups in total. The average Bonchev–Trinajstić information content (AvgIpc) is 3.47. The first kappa shape index (κ1) is 25.4. The lowest BCUT2D eigenvalue weighted by molar-refractivity contribution is -0.114. The Labute approximate surface area is 238 Å². The molecule has 7 nitrogen and oxygen atoms in total. The molecule has 0 saturated heterocycles. The molecule has 3 heterocycles.